The van der Waals surface area contributed by atoms with Crippen molar-refractivity contribution in [2.24, 2.45) is 5.73 Å². The zero-order valence-corrected chi connectivity index (χ0v) is 11.8. The maximum absolute atomic E-state index is 11.9. The van der Waals surface area contributed by atoms with Gasteiger partial charge in [-0.1, -0.05) is 17.7 Å². The first-order valence-corrected chi connectivity index (χ1v) is 5.52. The SMILES string of the molecule is Cc1ccc(C(=O)NC(C)(C)CN)cc1Cl.Cl. The van der Waals surface area contributed by atoms with E-state index in [0.29, 0.717) is 17.1 Å². The summed E-state index contributed by atoms with van der Waals surface area (Å²) in [5, 5.41) is 3.44. The summed E-state index contributed by atoms with van der Waals surface area (Å²) < 4.78 is 0. The molecule has 1 amide bonds. The van der Waals surface area contributed by atoms with Crippen molar-refractivity contribution < 1.29 is 4.79 Å². The van der Waals surface area contributed by atoms with Gasteiger partial charge in [-0.05, 0) is 38.5 Å². The largest absolute Gasteiger partial charge is 0.346 e. The Balaban J connectivity index is 0.00000256. The van der Waals surface area contributed by atoms with Crippen LogP contribution in [0.1, 0.15) is 29.8 Å². The molecule has 96 valence electrons. The number of nitrogens with one attached hydrogen (secondary N) is 1. The van der Waals surface area contributed by atoms with E-state index >= 15 is 0 Å². The molecule has 0 spiro atoms. The summed E-state index contributed by atoms with van der Waals surface area (Å²) in [5.74, 6) is -0.155. The fourth-order valence-electron chi connectivity index (χ4n) is 1.16. The molecule has 0 bridgehead atoms. The first-order valence-electron chi connectivity index (χ1n) is 5.14. The van der Waals surface area contributed by atoms with Crippen LogP contribution in [0.4, 0.5) is 0 Å². The van der Waals surface area contributed by atoms with Gasteiger partial charge in [-0.2, -0.15) is 0 Å². The molecule has 0 radical (unpaired) electrons. The molecule has 1 aromatic carbocycles. The molecular formula is C12H18Cl2N2O. The predicted octanol–water partition coefficient (Wildman–Crippen LogP) is 2.54. The summed E-state index contributed by atoms with van der Waals surface area (Å²) in [7, 11) is 0. The van der Waals surface area contributed by atoms with E-state index in [4.69, 9.17) is 17.3 Å². The highest BCUT2D eigenvalue weighted by Gasteiger charge is 2.19. The van der Waals surface area contributed by atoms with Gasteiger partial charge < -0.3 is 11.1 Å². The van der Waals surface area contributed by atoms with Crippen LogP contribution in [0.25, 0.3) is 0 Å². The zero-order chi connectivity index (χ0) is 12.3. The van der Waals surface area contributed by atoms with Gasteiger partial charge in [0, 0.05) is 22.7 Å². The number of rotatable bonds is 3. The third-order valence-electron chi connectivity index (χ3n) is 2.40. The van der Waals surface area contributed by atoms with Crippen LogP contribution in [0, 0.1) is 6.92 Å². The summed E-state index contributed by atoms with van der Waals surface area (Å²) in [6.07, 6.45) is 0. The number of aryl methyl sites for hydroxylation is 1. The molecule has 0 aliphatic heterocycles. The van der Waals surface area contributed by atoms with Gasteiger partial charge in [-0.15, -0.1) is 12.4 Å². The zero-order valence-electron chi connectivity index (χ0n) is 10.2. The average Bonchev–Trinajstić information content (AvgIpc) is 2.21. The number of carbonyl (C=O) groups is 1. The smallest absolute Gasteiger partial charge is 0.251 e. The molecule has 0 fully saturated rings. The highest BCUT2D eigenvalue weighted by atomic mass is 35.5. The van der Waals surface area contributed by atoms with Crippen LogP contribution in [0.2, 0.25) is 5.02 Å². The molecule has 0 atom stereocenters. The van der Waals surface area contributed by atoms with Crippen molar-refractivity contribution in [2.75, 3.05) is 6.54 Å². The van der Waals surface area contributed by atoms with E-state index in [0.717, 1.165) is 5.56 Å². The second-order valence-corrected chi connectivity index (χ2v) is 4.91. The fourth-order valence-corrected chi connectivity index (χ4v) is 1.35. The van der Waals surface area contributed by atoms with E-state index in [2.05, 4.69) is 5.32 Å². The first-order chi connectivity index (χ1) is 7.35. The molecule has 0 unspecified atom stereocenters. The van der Waals surface area contributed by atoms with Crippen molar-refractivity contribution >= 4 is 29.9 Å². The summed E-state index contributed by atoms with van der Waals surface area (Å²) in [6, 6.07) is 5.24. The standard InChI is InChI=1S/C12H17ClN2O.ClH/c1-8-4-5-9(6-10(8)13)11(16)15-12(2,3)7-14;/h4-6H,7,14H2,1-3H3,(H,15,16);1H. The maximum atomic E-state index is 11.9. The van der Waals surface area contributed by atoms with Gasteiger partial charge in [0.15, 0.2) is 0 Å². The lowest BCUT2D eigenvalue weighted by molar-refractivity contribution is 0.0915. The van der Waals surface area contributed by atoms with Gasteiger partial charge in [0.05, 0.1) is 0 Å². The Morgan fingerprint density at radius 1 is 1.47 bits per heavy atom. The second-order valence-electron chi connectivity index (χ2n) is 4.51. The second kappa shape index (κ2) is 6.24. The topological polar surface area (TPSA) is 55.1 Å². The fraction of sp³-hybridized carbons (Fsp3) is 0.417. The molecule has 0 saturated carbocycles. The number of hydrogen-bond acceptors (Lipinski definition) is 2. The van der Waals surface area contributed by atoms with Crippen molar-refractivity contribution in [1.29, 1.82) is 0 Å². The lowest BCUT2D eigenvalue weighted by Crippen LogP contribution is -2.48. The molecule has 0 saturated heterocycles. The highest BCUT2D eigenvalue weighted by Crippen LogP contribution is 2.17. The Hall–Kier alpha value is -0.770. The molecule has 1 aromatic rings. The molecule has 3 nitrogen and oxygen atoms in total. The normalized spacial score (nSPS) is 10.6. The van der Waals surface area contributed by atoms with Crippen molar-refractivity contribution in [1.82, 2.24) is 5.32 Å². The van der Waals surface area contributed by atoms with E-state index in [9.17, 15) is 4.79 Å². The number of halogens is 2. The molecule has 5 heteroatoms. The number of amides is 1. The van der Waals surface area contributed by atoms with Crippen LogP contribution < -0.4 is 11.1 Å². The summed E-state index contributed by atoms with van der Waals surface area (Å²) in [5.41, 5.74) is 6.65. The maximum Gasteiger partial charge on any atom is 0.251 e. The number of benzene rings is 1. The lowest BCUT2D eigenvalue weighted by atomic mass is 10.0. The Bertz CT molecular complexity index is 405. The minimum Gasteiger partial charge on any atom is -0.346 e. The molecule has 0 heterocycles. The Labute approximate surface area is 113 Å². The average molecular weight is 277 g/mol. The molecular weight excluding hydrogens is 259 g/mol. The van der Waals surface area contributed by atoms with Crippen molar-refractivity contribution in [3.63, 3.8) is 0 Å². The van der Waals surface area contributed by atoms with Gasteiger partial charge in [0.25, 0.3) is 5.91 Å². The van der Waals surface area contributed by atoms with Gasteiger partial charge in [0.1, 0.15) is 0 Å². The van der Waals surface area contributed by atoms with Crippen LogP contribution in [0.15, 0.2) is 18.2 Å². The molecule has 3 N–H and O–H groups in total. The number of carbonyl (C=O) groups excluding carboxylic acids is 1. The molecule has 0 aliphatic rings. The van der Waals surface area contributed by atoms with E-state index in [1.54, 1.807) is 12.1 Å². The van der Waals surface area contributed by atoms with E-state index in [-0.39, 0.29) is 18.3 Å². The minimum absolute atomic E-state index is 0. The van der Waals surface area contributed by atoms with E-state index in [1.807, 2.05) is 26.8 Å². The van der Waals surface area contributed by atoms with Crippen LogP contribution in [-0.4, -0.2) is 18.0 Å². The Morgan fingerprint density at radius 2 is 2.06 bits per heavy atom. The predicted molar refractivity (Wildman–Crippen MR) is 74.0 cm³/mol. The monoisotopic (exact) mass is 276 g/mol. The van der Waals surface area contributed by atoms with Crippen molar-refractivity contribution in [2.45, 2.75) is 26.3 Å². The lowest BCUT2D eigenvalue weighted by Gasteiger charge is -2.24. The van der Waals surface area contributed by atoms with Crippen LogP contribution in [0.5, 0.6) is 0 Å². The van der Waals surface area contributed by atoms with Crippen molar-refractivity contribution in [3.05, 3.63) is 34.3 Å². The third kappa shape index (κ3) is 4.54. The van der Waals surface area contributed by atoms with Gasteiger partial charge >= 0.3 is 0 Å². The number of nitrogens with two attached hydrogens (primary N) is 1. The Morgan fingerprint density at radius 3 is 2.53 bits per heavy atom. The summed E-state index contributed by atoms with van der Waals surface area (Å²) >= 11 is 5.96. The molecule has 1 rings (SSSR count). The number of hydrogen-bond donors (Lipinski definition) is 2. The van der Waals surface area contributed by atoms with Crippen LogP contribution in [0.3, 0.4) is 0 Å². The molecule has 17 heavy (non-hydrogen) atoms. The van der Waals surface area contributed by atoms with Gasteiger partial charge in [-0.25, -0.2) is 0 Å². The summed E-state index contributed by atoms with van der Waals surface area (Å²) in [4.78, 5) is 11.9. The minimum atomic E-state index is -0.408. The van der Waals surface area contributed by atoms with Crippen molar-refractivity contribution in [3.8, 4) is 0 Å². The van der Waals surface area contributed by atoms with Gasteiger partial charge in [0.2, 0.25) is 0 Å². The van der Waals surface area contributed by atoms with Crippen LogP contribution in [-0.2, 0) is 0 Å². The third-order valence-corrected chi connectivity index (χ3v) is 2.80. The Kier molecular flexibility index (Phi) is 5.96. The molecule has 0 aliphatic carbocycles. The highest BCUT2D eigenvalue weighted by molar-refractivity contribution is 6.31. The van der Waals surface area contributed by atoms with Crippen LogP contribution >= 0.6 is 24.0 Å². The summed E-state index contributed by atoms with van der Waals surface area (Å²) in [6.45, 7) is 6.04. The first kappa shape index (κ1) is 16.2. The van der Waals surface area contributed by atoms with Gasteiger partial charge in [-0.3, -0.25) is 4.79 Å². The quantitative estimate of drug-likeness (QED) is 0.892. The van der Waals surface area contributed by atoms with E-state index in [1.165, 1.54) is 0 Å². The van der Waals surface area contributed by atoms with E-state index < -0.39 is 5.54 Å². The molecule has 0 aromatic heterocycles.